The highest BCUT2D eigenvalue weighted by Gasteiger charge is 2.24. The zero-order valence-electron chi connectivity index (χ0n) is 18.8. The number of aryl methyl sites for hydroxylation is 3. The Hall–Kier alpha value is -3.05. The van der Waals surface area contributed by atoms with Gasteiger partial charge >= 0.3 is 0 Å². The number of fused-ring (bicyclic) bond motifs is 2. The Morgan fingerprint density at radius 1 is 0.938 bits per heavy atom. The van der Waals surface area contributed by atoms with E-state index in [2.05, 4.69) is 37.4 Å². The molecule has 1 heterocycles. The molecule has 1 aliphatic rings. The zero-order chi connectivity index (χ0) is 22.7. The molecular formula is C27H28N2O2S. The van der Waals surface area contributed by atoms with Crippen LogP contribution in [0.5, 0.6) is 0 Å². The predicted octanol–water partition coefficient (Wildman–Crippen LogP) is 6.40. The number of nitrogens with one attached hydrogen (secondary N) is 1. The molecule has 0 unspecified atom stereocenters. The van der Waals surface area contributed by atoms with Gasteiger partial charge in [-0.05, 0) is 69.0 Å². The normalized spacial score (nSPS) is 12.7. The second-order valence-electron chi connectivity index (χ2n) is 8.40. The zero-order valence-corrected chi connectivity index (χ0v) is 19.6. The minimum atomic E-state index is -0.0401. The second kappa shape index (κ2) is 9.61. The van der Waals surface area contributed by atoms with Gasteiger partial charge in [0.1, 0.15) is 0 Å². The number of hydrogen-bond acceptors (Lipinski definition) is 3. The van der Waals surface area contributed by atoms with Crippen LogP contribution in [-0.4, -0.2) is 18.9 Å². The molecule has 0 spiro atoms. The molecule has 1 N–H and O–H groups in total. The minimum Gasteiger partial charge on any atom is -0.326 e. The molecule has 0 aromatic heterocycles. The molecule has 0 radical (unpaired) electrons. The van der Waals surface area contributed by atoms with Crippen LogP contribution < -0.4 is 10.2 Å². The van der Waals surface area contributed by atoms with E-state index < -0.39 is 0 Å². The van der Waals surface area contributed by atoms with Crippen LogP contribution in [0, 0.1) is 13.8 Å². The summed E-state index contributed by atoms with van der Waals surface area (Å²) in [6.07, 6.45) is 3.29. The summed E-state index contributed by atoms with van der Waals surface area (Å²) in [6.45, 7) is 4.24. The first-order valence-electron chi connectivity index (χ1n) is 11.0. The summed E-state index contributed by atoms with van der Waals surface area (Å²) in [7, 11) is 1.78. The van der Waals surface area contributed by atoms with E-state index in [1.165, 1.54) is 16.7 Å². The smallest absolute Gasteiger partial charge is 0.259 e. The molecule has 4 nitrogen and oxygen atoms in total. The van der Waals surface area contributed by atoms with Crippen molar-refractivity contribution in [2.24, 2.45) is 0 Å². The van der Waals surface area contributed by atoms with Gasteiger partial charge in [-0.3, -0.25) is 9.59 Å². The van der Waals surface area contributed by atoms with Gasteiger partial charge in [0.25, 0.3) is 5.91 Å². The van der Waals surface area contributed by atoms with E-state index in [9.17, 15) is 9.59 Å². The fraction of sp³-hybridized carbons (Fsp3) is 0.259. The summed E-state index contributed by atoms with van der Waals surface area (Å²) in [5.41, 5.74) is 6.12. The topological polar surface area (TPSA) is 49.4 Å². The maximum Gasteiger partial charge on any atom is 0.259 e. The highest BCUT2D eigenvalue weighted by molar-refractivity contribution is 7.99. The number of carbonyl (C=O) groups excluding carboxylic acids is 2. The number of hydrogen-bond donors (Lipinski definition) is 1. The Labute approximate surface area is 194 Å². The largest absolute Gasteiger partial charge is 0.326 e. The minimum absolute atomic E-state index is 0.00362. The van der Waals surface area contributed by atoms with E-state index in [0.717, 1.165) is 34.7 Å². The molecule has 3 aromatic carbocycles. The molecular weight excluding hydrogens is 416 g/mol. The average Bonchev–Trinajstić information content (AvgIpc) is 2.86. The average molecular weight is 445 g/mol. The Kier molecular flexibility index (Phi) is 6.66. The molecule has 1 aliphatic heterocycles. The van der Waals surface area contributed by atoms with E-state index in [1.54, 1.807) is 23.7 Å². The number of unbranched alkanes of at least 4 members (excludes halogenated alkanes) is 1. The van der Waals surface area contributed by atoms with Gasteiger partial charge in [-0.25, -0.2) is 0 Å². The first-order chi connectivity index (χ1) is 15.4. The van der Waals surface area contributed by atoms with Gasteiger partial charge in [0.2, 0.25) is 5.91 Å². The quantitative estimate of drug-likeness (QED) is 0.448. The first-order valence-corrected chi connectivity index (χ1v) is 11.8. The van der Waals surface area contributed by atoms with Gasteiger partial charge in [0.05, 0.1) is 11.3 Å². The lowest BCUT2D eigenvalue weighted by molar-refractivity contribution is -0.116. The van der Waals surface area contributed by atoms with E-state index in [0.29, 0.717) is 17.7 Å². The summed E-state index contributed by atoms with van der Waals surface area (Å²) in [5, 5.41) is 3.00. The van der Waals surface area contributed by atoms with Crippen LogP contribution in [-0.2, 0) is 11.2 Å². The number of benzene rings is 3. The third kappa shape index (κ3) is 5.05. The van der Waals surface area contributed by atoms with Crippen LogP contribution in [0.3, 0.4) is 0 Å². The van der Waals surface area contributed by atoms with Crippen molar-refractivity contribution in [2.45, 2.75) is 49.3 Å². The van der Waals surface area contributed by atoms with Gasteiger partial charge < -0.3 is 10.2 Å². The van der Waals surface area contributed by atoms with Crippen molar-refractivity contribution < 1.29 is 9.59 Å². The second-order valence-corrected chi connectivity index (χ2v) is 9.48. The van der Waals surface area contributed by atoms with Crippen molar-refractivity contribution in [3.8, 4) is 0 Å². The number of carbonyl (C=O) groups is 2. The van der Waals surface area contributed by atoms with Gasteiger partial charge in [0.15, 0.2) is 0 Å². The van der Waals surface area contributed by atoms with Gasteiger partial charge in [-0.2, -0.15) is 0 Å². The molecule has 0 saturated heterocycles. The maximum atomic E-state index is 12.9. The molecule has 5 heteroatoms. The van der Waals surface area contributed by atoms with Crippen molar-refractivity contribution in [3.05, 3.63) is 82.9 Å². The number of amides is 2. The lowest BCUT2D eigenvalue weighted by Gasteiger charge is -2.18. The molecule has 0 bridgehead atoms. The van der Waals surface area contributed by atoms with Gasteiger partial charge in [-0.1, -0.05) is 53.2 Å². The van der Waals surface area contributed by atoms with Gasteiger partial charge in [-0.15, -0.1) is 0 Å². The van der Waals surface area contributed by atoms with E-state index in [1.807, 2.05) is 42.5 Å². The fourth-order valence-electron chi connectivity index (χ4n) is 4.14. The van der Waals surface area contributed by atoms with Crippen molar-refractivity contribution in [1.29, 1.82) is 0 Å². The Morgan fingerprint density at radius 3 is 2.47 bits per heavy atom. The predicted molar refractivity (Wildman–Crippen MR) is 132 cm³/mol. The highest BCUT2D eigenvalue weighted by Crippen LogP contribution is 2.41. The molecule has 0 fully saturated rings. The van der Waals surface area contributed by atoms with Crippen molar-refractivity contribution >= 4 is 35.0 Å². The molecule has 3 aromatic rings. The molecule has 0 atom stereocenters. The number of rotatable bonds is 6. The summed E-state index contributed by atoms with van der Waals surface area (Å²) in [5.74, 6) is -0.0365. The summed E-state index contributed by atoms with van der Waals surface area (Å²) in [4.78, 5) is 29.0. The van der Waals surface area contributed by atoms with Crippen LogP contribution in [0.2, 0.25) is 0 Å². The van der Waals surface area contributed by atoms with Crippen LogP contribution in [0.15, 0.2) is 70.5 Å². The third-order valence-electron chi connectivity index (χ3n) is 5.65. The Morgan fingerprint density at radius 2 is 1.69 bits per heavy atom. The molecule has 4 rings (SSSR count). The van der Waals surface area contributed by atoms with Crippen LogP contribution in [0.4, 0.5) is 11.4 Å². The first kappa shape index (κ1) is 22.2. The Balaban J connectivity index is 1.36. The summed E-state index contributed by atoms with van der Waals surface area (Å²) in [6, 6.07) is 20.0. The third-order valence-corrected chi connectivity index (χ3v) is 6.79. The molecule has 164 valence electrons. The molecule has 0 saturated carbocycles. The van der Waals surface area contributed by atoms with Crippen molar-refractivity contribution in [3.63, 3.8) is 0 Å². The SMILES string of the molecule is Cc1cc(C)cc(CCCCC(=O)Nc2ccc3c(c2)N(C)C(=O)c2ccccc2S3)c1. The maximum absolute atomic E-state index is 12.9. The number of anilines is 2. The highest BCUT2D eigenvalue weighted by atomic mass is 32.2. The van der Waals surface area contributed by atoms with E-state index in [-0.39, 0.29) is 11.8 Å². The molecule has 0 aliphatic carbocycles. The standard InChI is InChI=1S/C27H28N2O2S/c1-18-14-19(2)16-20(15-18)8-4-7-11-26(30)28-21-12-13-25-23(17-21)29(3)27(31)22-9-5-6-10-24(22)32-25/h5-6,9-10,12-17H,4,7-8,11H2,1-3H3,(H,28,30). The van der Waals surface area contributed by atoms with Crippen LogP contribution >= 0.6 is 11.8 Å². The van der Waals surface area contributed by atoms with Crippen LogP contribution in [0.25, 0.3) is 0 Å². The number of nitrogens with zero attached hydrogens (tertiary/aromatic N) is 1. The van der Waals surface area contributed by atoms with Crippen molar-refractivity contribution in [2.75, 3.05) is 17.3 Å². The van der Waals surface area contributed by atoms with E-state index in [4.69, 9.17) is 0 Å². The summed E-state index contributed by atoms with van der Waals surface area (Å²) >= 11 is 1.58. The molecule has 32 heavy (non-hydrogen) atoms. The van der Waals surface area contributed by atoms with Crippen molar-refractivity contribution in [1.82, 2.24) is 0 Å². The lowest BCUT2D eigenvalue weighted by Crippen LogP contribution is -2.26. The van der Waals surface area contributed by atoms with Crippen LogP contribution in [0.1, 0.15) is 46.3 Å². The fourth-order valence-corrected chi connectivity index (χ4v) is 5.22. The van der Waals surface area contributed by atoms with Gasteiger partial charge in [0, 0.05) is 28.9 Å². The molecule has 2 amide bonds. The van der Waals surface area contributed by atoms with E-state index >= 15 is 0 Å². The summed E-state index contributed by atoms with van der Waals surface area (Å²) < 4.78 is 0. The lowest BCUT2D eigenvalue weighted by atomic mass is 10.0. The monoisotopic (exact) mass is 444 g/mol. The Bertz CT molecular complexity index is 1150.